The first-order chi connectivity index (χ1) is 3.30. The van der Waals surface area contributed by atoms with Gasteiger partial charge in [-0.3, -0.25) is 0 Å². The summed E-state index contributed by atoms with van der Waals surface area (Å²) in [6.45, 7) is 0. The van der Waals surface area contributed by atoms with Gasteiger partial charge in [-0.05, 0) is 0 Å². The van der Waals surface area contributed by atoms with E-state index in [1.165, 1.54) is 0 Å². The van der Waals surface area contributed by atoms with Crippen LogP contribution in [0.25, 0.3) is 0 Å². The van der Waals surface area contributed by atoms with E-state index in [0.29, 0.717) is 0 Å². The van der Waals surface area contributed by atoms with E-state index in [1.54, 1.807) is 12.5 Å². The van der Waals surface area contributed by atoms with Crippen LogP contribution in [0, 0.1) is 0 Å². The van der Waals surface area contributed by atoms with Gasteiger partial charge in [0, 0.05) is 0 Å². The van der Waals surface area contributed by atoms with Crippen LogP contribution < -0.4 is 5.73 Å². The van der Waals surface area contributed by atoms with Gasteiger partial charge in [0.1, 0.15) is 0 Å². The van der Waals surface area contributed by atoms with Crippen LogP contribution in [0.5, 0.6) is 0 Å². The number of aromatic nitrogens is 2. The second-order valence-corrected chi connectivity index (χ2v) is 3.39. The van der Waals surface area contributed by atoms with Crippen LogP contribution in [0.1, 0.15) is 0 Å². The third kappa shape index (κ3) is 0.930. The predicted octanol–water partition coefficient (Wildman–Crippen LogP) is -0.603. The molecule has 1 aromatic heterocycles. The summed E-state index contributed by atoms with van der Waals surface area (Å²) in [5.41, 5.74) is 5.38. The molecule has 3 nitrogen and oxygen atoms in total. The number of nitrogens with two attached hydrogens (primary N) is 1. The molecule has 0 aliphatic carbocycles. The molecule has 0 bridgehead atoms. The Labute approximate surface area is 57.6 Å². The number of anilines is 1. The number of hydrogen-bond donors (Lipinski definition) is 1. The van der Waals surface area contributed by atoms with Crippen LogP contribution in [0.4, 0.5) is 5.82 Å². The van der Waals surface area contributed by atoms with E-state index in [-0.39, 0.29) is 0 Å². The van der Waals surface area contributed by atoms with Crippen molar-refractivity contribution in [3.63, 3.8) is 0 Å². The zero-order valence-electron chi connectivity index (χ0n) is 3.70. The molecule has 0 unspecified atom stereocenters. The van der Waals surface area contributed by atoms with Crippen molar-refractivity contribution in [1.82, 2.24) is 7.36 Å². The molecule has 0 fully saturated rings. The minimum atomic E-state index is 0.743. The van der Waals surface area contributed by atoms with E-state index in [2.05, 4.69) is 4.98 Å². The van der Waals surface area contributed by atoms with E-state index in [9.17, 15) is 0 Å². The zero-order chi connectivity index (χ0) is 5.28. The molecule has 0 aromatic carbocycles. The van der Waals surface area contributed by atoms with Crippen molar-refractivity contribution in [1.29, 1.82) is 0 Å². The van der Waals surface area contributed by atoms with Crippen molar-refractivity contribution >= 4 is 31.9 Å². The Morgan fingerprint density at radius 3 is 2.71 bits per heavy atom. The average Bonchev–Trinajstić information content (AvgIpc) is 1.91. The van der Waals surface area contributed by atoms with Crippen LogP contribution >= 0.6 is 0 Å². The standard InChI is InChI=1S/C3H4N3.Tl/c4-3-1-5-2-6-3;/h1-2H,4H2;/q-1;+1. The summed E-state index contributed by atoms with van der Waals surface area (Å²) in [7, 11) is 0. The van der Waals surface area contributed by atoms with Crippen molar-refractivity contribution in [3.05, 3.63) is 12.5 Å². The molecule has 1 aromatic rings. The molecule has 4 heteroatoms. The molecule has 7 heavy (non-hydrogen) atoms. The van der Waals surface area contributed by atoms with Gasteiger partial charge in [0.05, 0.1) is 0 Å². The van der Waals surface area contributed by atoms with Crippen molar-refractivity contribution < 1.29 is 0 Å². The number of imidazole rings is 1. The molecule has 0 radical (unpaired) electrons. The van der Waals surface area contributed by atoms with Gasteiger partial charge in [-0.25, -0.2) is 0 Å². The minimum absolute atomic E-state index is 0.743. The van der Waals surface area contributed by atoms with Crippen molar-refractivity contribution in [2.75, 3.05) is 5.73 Å². The maximum atomic E-state index is 5.38. The van der Waals surface area contributed by atoms with Gasteiger partial charge in [0.2, 0.25) is 0 Å². The first-order valence-electron chi connectivity index (χ1n) is 1.83. The average molecular weight is 286 g/mol. The summed E-state index contributed by atoms with van der Waals surface area (Å²) < 4.78 is 1.92. The van der Waals surface area contributed by atoms with E-state index in [0.717, 1.165) is 31.9 Å². The third-order valence-electron chi connectivity index (χ3n) is 0.696. The van der Waals surface area contributed by atoms with Gasteiger partial charge < -0.3 is 0 Å². The Morgan fingerprint density at radius 1 is 1.86 bits per heavy atom. The van der Waals surface area contributed by atoms with E-state index >= 15 is 0 Å². The second-order valence-electron chi connectivity index (χ2n) is 1.23. The molecular formula is C3H4N3Tl. The Kier molecular flexibility index (Phi) is 1.31. The van der Waals surface area contributed by atoms with Crippen molar-refractivity contribution in [3.8, 4) is 0 Å². The van der Waals surface area contributed by atoms with Crippen LogP contribution in [0.15, 0.2) is 12.5 Å². The fourth-order valence-corrected chi connectivity index (χ4v) is 0.873. The van der Waals surface area contributed by atoms with Crippen LogP contribution in [-0.2, 0) is 0 Å². The molecule has 0 atom stereocenters. The second kappa shape index (κ2) is 1.81. The Morgan fingerprint density at radius 2 is 2.57 bits per heavy atom. The van der Waals surface area contributed by atoms with Gasteiger partial charge in [0.15, 0.2) is 0 Å². The van der Waals surface area contributed by atoms with Gasteiger partial charge in [-0.15, -0.1) is 0 Å². The molecular weight excluding hydrogens is 282 g/mol. The van der Waals surface area contributed by atoms with Crippen LogP contribution in [-0.4, -0.2) is 33.4 Å². The molecule has 0 saturated carbocycles. The Balaban J connectivity index is 3.12. The first-order valence-corrected chi connectivity index (χ1v) is 3.84. The SMILES string of the molecule is Nc1cnc[n]1[Tl]. The van der Waals surface area contributed by atoms with Gasteiger partial charge in [0.25, 0.3) is 0 Å². The van der Waals surface area contributed by atoms with E-state index in [4.69, 9.17) is 5.73 Å². The van der Waals surface area contributed by atoms with E-state index < -0.39 is 0 Å². The first kappa shape index (κ1) is 5.08. The fraction of sp³-hybridized carbons (Fsp3) is 0. The molecule has 0 aliphatic rings. The quantitative estimate of drug-likeness (QED) is 0.647. The number of nitrogen functional groups attached to an aromatic ring is 1. The summed E-state index contributed by atoms with van der Waals surface area (Å²) in [6, 6.07) is 0. The molecule has 0 spiro atoms. The van der Waals surface area contributed by atoms with Crippen molar-refractivity contribution in [2.24, 2.45) is 0 Å². The number of nitrogens with zero attached hydrogens (tertiary/aromatic N) is 2. The summed E-state index contributed by atoms with van der Waals surface area (Å²) in [5, 5.41) is 0. The van der Waals surface area contributed by atoms with Crippen LogP contribution in [0.2, 0.25) is 0 Å². The Hall–Kier alpha value is -0.0679. The number of rotatable bonds is 0. The fourth-order valence-electron chi connectivity index (χ4n) is 0.315. The monoisotopic (exact) mass is 287 g/mol. The summed E-state index contributed by atoms with van der Waals surface area (Å²) in [6.07, 6.45) is 3.39. The third-order valence-corrected chi connectivity index (χ3v) is 2.37. The van der Waals surface area contributed by atoms with Gasteiger partial charge >= 0.3 is 57.5 Å². The van der Waals surface area contributed by atoms with Gasteiger partial charge in [-0.2, -0.15) is 0 Å². The van der Waals surface area contributed by atoms with Gasteiger partial charge in [-0.1, -0.05) is 0 Å². The molecule has 1 rings (SSSR count). The zero-order valence-corrected chi connectivity index (χ0v) is 8.19. The molecule has 2 N–H and O–H groups in total. The molecule has 0 saturated heterocycles. The van der Waals surface area contributed by atoms with Crippen molar-refractivity contribution in [2.45, 2.75) is 0 Å². The maximum absolute atomic E-state index is 5.38. The van der Waals surface area contributed by atoms with E-state index in [1.807, 2.05) is 2.38 Å². The predicted molar refractivity (Wildman–Crippen MR) is 27.8 cm³/mol. The normalized spacial score (nSPS) is 9.00. The number of hydrogen-bond acceptors (Lipinski definition) is 2. The molecule has 0 amide bonds. The topological polar surface area (TPSA) is 43.8 Å². The summed E-state index contributed by atoms with van der Waals surface area (Å²) in [4.78, 5) is 3.80. The summed E-state index contributed by atoms with van der Waals surface area (Å²) >= 11 is 0.743. The van der Waals surface area contributed by atoms with Crippen LogP contribution in [0.3, 0.4) is 0 Å². The summed E-state index contributed by atoms with van der Waals surface area (Å²) in [5.74, 6) is 0.769. The molecule has 0 aliphatic heterocycles. The molecule has 34 valence electrons. The molecule has 1 heterocycles. The Bertz CT molecular complexity index is 142.